The van der Waals surface area contributed by atoms with Gasteiger partial charge in [0.25, 0.3) is 11.8 Å². The number of benzene rings is 5. The van der Waals surface area contributed by atoms with Crippen LogP contribution in [0.25, 0.3) is 0 Å². The second kappa shape index (κ2) is 23.2. The van der Waals surface area contributed by atoms with E-state index in [1.54, 1.807) is 48.5 Å². The molecule has 2 saturated heterocycles. The summed E-state index contributed by atoms with van der Waals surface area (Å²) in [4.78, 5) is 71.8. The topological polar surface area (TPSA) is 160 Å². The minimum atomic E-state index is -1.18. The fourth-order valence-electron chi connectivity index (χ4n) is 8.72. The van der Waals surface area contributed by atoms with Crippen LogP contribution >= 0.6 is 0 Å². The number of likely N-dealkylation sites (tertiary alicyclic amines) is 2. The summed E-state index contributed by atoms with van der Waals surface area (Å²) in [6.07, 6.45) is 0.572. The van der Waals surface area contributed by atoms with Gasteiger partial charge in [-0.3, -0.25) is 29.3 Å². The third-order valence-electron chi connectivity index (χ3n) is 12.6. The van der Waals surface area contributed by atoms with Crippen LogP contribution in [0.15, 0.2) is 121 Å². The zero-order valence-corrected chi connectivity index (χ0v) is 37.3. The predicted molar refractivity (Wildman–Crippen MR) is 246 cm³/mol. The van der Waals surface area contributed by atoms with E-state index in [4.69, 9.17) is 0 Å². The summed E-state index contributed by atoms with van der Waals surface area (Å²) in [6.45, 7) is 0.921. The molecule has 2 heterocycles. The smallest absolute Gasteiger partial charge is 0.253 e. The average Bonchev–Trinajstić information content (AvgIpc) is 4.01. The van der Waals surface area contributed by atoms with E-state index in [-0.39, 0.29) is 86.1 Å². The quantitative estimate of drug-likeness (QED) is 0.0586. The van der Waals surface area contributed by atoms with Crippen LogP contribution in [0.5, 0.6) is 0 Å². The third-order valence-corrected chi connectivity index (χ3v) is 12.6. The minimum absolute atomic E-state index is 0.00223. The standard InChI is InChI=1S/C52H54F4N6O6/c53-39-13-1-33(2-14-39)21-25-57-47(63)43-29-61(30-44(43)48(64)58-26-22-34-3-15-40(54)16-4-34)51(67)37-9-11-38(12-10-37)52(68)62-31-45(49(65)59-27-23-35-5-17-41(55)18-6-35)46(32-62)50(66)60-28-24-36-7-19-42(56)20-8-36/h1-20,43-47,57,63H,21-32H2,(H,58,64)(H,59,65)(H,60,66)/t43-,44-,45-,46-,47?/m1/s1. The Labute approximate surface area is 392 Å². The number of hydrogen-bond donors (Lipinski definition) is 5. The number of aliphatic hydroxyl groups is 1. The second-order valence-electron chi connectivity index (χ2n) is 17.3. The molecule has 5 amide bonds. The highest BCUT2D eigenvalue weighted by molar-refractivity contribution is 5.99. The Morgan fingerprint density at radius 1 is 0.441 bits per heavy atom. The van der Waals surface area contributed by atoms with Gasteiger partial charge in [-0.05, 0) is 121 Å². The molecule has 0 radical (unpaired) electrons. The molecule has 5 atom stereocenters. The van der Waals surface area contributed by atoms with Crippen molar-refractivity contribution >= 4 is 29.5 Å². The summed E-state index contributed by atoms with van der Waals surface area (Å²) in [5.74, 6) is -6.83. The molecule has 16 heteroatoms. The molecule has 2 aliphatic rings. The molecule has 0 bridgehead atoms. The lowest BCUT2D eigenvalue weighted by molar-refractivity contribution is -0.132. The van der Waals surface area contributed by atoms with Gasteiger partial charge >= 0.3 is 0 Å². The SMILES string of the molecule is O=C(NCCc1ccc(F)cc1)[C@@H]1CN(C(=O)c2ccc(C(=O)N3C[C@@H](C(=O)NCCc4ccc(F)cc4)[C@H](C(O)NCCc4ccc(F)cc4)C3)cc2)C[C@H]1C(=O)NCCc1ccc(F)cc1. The van der Waals surface area contributed by atoms with E-state index in [0.29, 0.717) is 32.2 Å². The molecule has 68 heavy (non-hydrogen) atoms. The van der Waals surface area contributed by atoms with Gasteiger partial charge in [-0.1, -0.05) is 48.5 Å². The van der Waals surface area contributed by atoms with Gasteiger partial charge in [0.15, 0.2) is 0 Å². The first-order chi connectivity index (χ1) is 32.8. The Balaban J connectivity index is 0.991. The van der Waals surface area contributed by atoms with Crippen molar-refractivity contribution in [3.05, 3.63) is 178 Å². The predicted octanol–water partition coefficient (Wildman–Crippen LogP) is 4.85. The Morgan fingerprint density at radius 3 is 1.09 bits per heavy atom. The maximum Gasteiger partial charge on any atom is 0.253 e. The van der Waals surface area contributed by atoms with E-state index >= 15 is 0 Å². The number of amides is 5. The van der Waals surface area contributed by atoms with Crippen LogP contribution in [0, 0.1) is 46.9 Å². The summed E-state index contributed by atoms with van der Waals surface area (Å²) in [7, 11) is 0. The maximum atomic E-state index is 14.0. The lowest BCUT2D eigenvalue weighted by Crippen LogP contribution is -2.45. The van der Waals surface area contributed by atoms with Gasteiger partial charge in [0, 0.05) is 69.4 Å². The van der Waals surface area contributed by atoms with Gasteiger partial charge in [-0.2, -0.15) is 0 Å². The molecule has 2 aliphatic heterocycles. The highest BCUT2D eigenvalue weighted by Gasteiger charge is 2.45. The van der Waals surface area contributed by atoms with E-state index < -0.39 is 53.5 Å². The lowest BCUT2D eigenvalue weighted by Gasteiger charge is -2.24. The first-order valence-corrected chi connectivity index (χ1v) is 22.7. The Morgan fingerprint density at radius 2 is 0.735 bits per heavy atom. The maximum absolute atomic E-state index is 14.0. The van der Waals surface area contributed by atoms with Crippen molar-refractivity contribution in [3.8, 4) is 0 Å². The van der Waals surface area contributed by atoms with E-state index in [1.807, 2.05) is 0 Å². The summed E-state index contributed by atoms with van der Waals surface area (Å²) in [6, 6.07) is 29.7. The normalized spacial score (nSPS) is 18.2. The van der Waals surface area contributed by atoms with Crippen LogP contribution in [-0.2, 0) is 40.1 Å². The summed E-state index contributed by atoms with van der Waals surface area (Å²) in [5.41, 5.74) is 3.73. The number of carbonyl (C=O) groups excluding carboxylic acids is 5. The highest BCUT2D eigenvalue weighted by atomic mass is 19.1. The Bertz CT molecular complexity index is 2440. The fraction of sp³-hybridized carbons (Fsp3) is 0.327. The van der Waals surface area contributed by atoms with Crippen LogP contribution in [0.2, 0.25) is 0 Å². The van der Waals surface area contributed by atoms with Crippen molar-refractivity contribution in [3.63, 3.8) is 0 Å². The summed E-state index contributed by atoms with van der Waals surface area (Å²) < 4.78 is 53.7. The van der Waals surface area contributed by atoms with E-state index in [1.165, 1.54) is 82.6 Å². The third kappa shape index (κ3) is 13.2. The Hall–Kier alpha value is -6.91. The molecule has 356 valence electrons. The Kier molecular flexibility index (Phi) is 16.7. The molecule has 12 nitrogen and oxygen atoms in total. The molecule has 0 saturated carbocycles. The minimum Gasteiger partial charge on any atom is -0.378 e. The molecule has 0 spiro atoms. The number of aliphatic hydroxyl groups excluding tert-OH is 1. The number of carbonyl (C=O) groups is 5. The average molecular weight is 935 g/mol. The van der Waals surface area contributed by atoms with Crippen molar-refractivity contribution in [1.29, 1.82) is 0 Å². The zero-order chi connectivity index (χ0) is 48.2. The highest BCUT2D eigenvalue weighted by Crippen LogP contribution is 2.29. The molecule has 0 aliphatic carbocycles. The van der Waals surface area contributed by atoms with Gasteiger partial charge in [0.1, 0.15) is 29.5 Å². The number of nitrogens with zero attached hydrogens (tertiary/aromatic N) is 2. The molecule has 1 unspecified atom stereocenters. The number of rotatable bonds is 19. The molecule has 5 aromatic carbocycles. The monoisotopic (exact) mass is 934 g/mol. The molecule has 7 rings (SSSR count). The van der Waals surface area contributed by atoms with Crippen molar-refractivity contribution in [2.24, 2.45) is 23.7 Å². The number of nitrogens with one attached hydrogen (secondary N) is 4. The molecule has 5 aromatic rings. The molecular weight excluding hydrogens is 881 g/mol. The second-order valence-corrected chi connectivity index (χ2v) is 17.3. The number of halogens is 4. The zero-order valence-electron chi connectivity index (χ0n) is 37.3. The van der Waals surface area contributed by atoms with Gasteiger partial charge in [0.2, 0.25) is 17.7 Å². The van der Waals surface area contributed by atoms with Crippen molar-refractivity contribution in [1.82, 2.24) is 31.1 Å². The van der Waals surface area contributed by atoms with Crippen LogP contribution in [0.1, 0.15) is 43.0 Å². The van der Waals surface area contributed by atoms with E-state index in [9.17, 15) is 46.6 Å². The molecule has 5 N–H and O–H groups in total. The van der Waals surface area contributed by atoms with Crippen molar-refractivity contribution in [2.45, 2.75) is 31.9 Å². The lowest BCUT2D eigenvalue weighted by atomic mass is 9.93. The first-order valence-electron chi connectivity index (χ1n) is 22.7. The van der Waals surface area contributed by atoms with Gasteiger partial charge in [-0.25, -0.2) is 17.6 Å². The number of hydrogen-bond acceptors (Lipinski definition) is 7. The van der Waals surface area contributed by atoms with Gasteiger partial charge in [0.05, 0.1) is 17.8 Å². The van der Waals surface area contributed by atoms with Gasteiger partial charge in [-0.15, -0.1) is 0 Å². The fourth-order valence-corrected chi connectivity index (χ4v) is 8.72. The van der Waals surface area contributed by atoms with E-state index in [2.05, 4.69) is 21.3 Å². The largest absolute Gasteiger partial charge is 0.378 e. The summed E-state index contributed by atoms with van der Waals surface area (Å²) >= 11 is 0. The van der Waals surface area contributed by atoms with Gasteiger partial charge < -0.3 is 30.9 Å². The van der Waals surface area contributed by atoms with Crippen LogP contribution < -0.4 is 21.3 Å². The molecule has 0 aromatic heterocycles. The van der Waals surface area contributed by atoms with E-state index in [0.717, 1.165) is 22.3 Å². The van der Waals surface area contributed by atoms with Crippen LogP contribution in [-0.4, -0.2) is 103 Å². The van der Waals surface area contributed by atoms with Crippen molar-refractivity contribution in [2.75, 3.05) is 52.4 Å². The molecule has 2 fully saturated rings. The first kappa shape index (κ1) is 49.0. The summed E-state index contributed by atoms with van der Waals surface area (Å²) in [5, 5.41) is 23.0. The molecular formula is C52H54F4N6O6. The van der Waals surface area contributed by atoms with Crippen LogP contribution in [0.3, 0.4) is 0 Å². The van der Waals surface area contributed by atoms with Crippen LogP contribution in [0.4, 0.5) is 17.6 Å². The van der Waals surface area contributed by atoms with Crippen molar-refractivity contribution < 1.29 is 46.6 Å².